The normalized spacial score (nSPS) is 15.7. The molecule has 1 aliphatic carbocycles. The van der Waals surface area contributed by atoms with Crippen LogP contribution in [0.4, 0.5) is 5.13 Å². The van der Waals surface area contributed by atoms with Crippen LogP contribution in [0, 0.1) is 0 Å². The van der Waals surface area contributed by atoms with Crippen LogP contribution in [0.2, 0.25) is 0 Å². The van der Waals surface area contributed by atoms with Crippen LogP contribution in [0.1, 0.15) is 37.8 Å². The van der Waals surface area contributed by atoms with E-state index in [-0.39, 0.29) is 0 Å². The Morgan fingerprint density at radius 3 is 3.00 bits per heavy atom. The number of nitrogens with one attached hydrogen (secondary N) is 1. The monoisotopic (exact) mass is 378 g/mol. The molecule has 3 aromatic rings. The second-order valence-electron chi connectivity index (χ2n) is 5.80. The molecule has 0 amide bonds. The maximum Gasteiger partial charge on any atom is 0.206 e. The number of nitrogens with zero attached hydrogens (tertiary/aromatic N) is 3. The lowest BCUT2D eigenvalue weighted by Crippen LogP contribution is -2.21. The number of thiophene rings is 1. The number of rotatable bonds is 6. The number of thioether (sulfide) groups is 1. The number of aromatic nitrogens is 3. The minimum atomic E-state index is 0.563. The van der Waals surface area contributed by atoms with Crippen LogP contribution in [0.25, 0.3) is 10.6 Å². The Kier molecular flexibility index (Phi) is 5.15. The molecule has 1 saturated carbocycles. The predicted octanol–water partition coefficient (Wildman–Crippen LogP) is 5.29. The summed E-state index contributed by atoms with van der Waals surface area (Å²) in [6.07, 6.45) is 6.48. The van der Waals surface area contributed by atoms with E-state index in [4.69, 9.17) is 4.52 Å². The van der Waals surface area contributed by atoms with Gasteiger partial charge in [-0.1, -0.05) is 53.6 Å². The maximum atomic E-state index is 5.41. The summed E-state index contributed by atoms with van der Waals surface area (Å²) in [4.78, 5) is 1.11. The van der Waals surface area contributed by atoms with Crippen LogP contribution in [0.5, 0.6) is 0 Å². The van der Waals surface area contributed by atoms with Crippen LogP contribution in [-0.2, 0) is 5.75 Å². The first-order chi connectivity index (χ1) is 11.9. The van der Waals surface area contributed by atoms with Crippen molar-refractivity contribution in [2.75, 3.05) is 5.32 Å². The van der Waals surface area contributed by atoms with Gasteiger partial charge in [0.1, 0.15) is 0 Å². The zero-order valence-electron chi connectivity index (χ0n) is 13.1. The molecule has 126 valence electrons. The molecular weight excluding hydrogens is 360 g/mol. The first kappa shape index (κ1) is 16.1. The molecule has 0 spiro atoms. The molecule has 0 aromatic carbocycles. The Labute approximate surface area is 152 Å². The summed E-state index contributed by atoms with van der Waals surface area (Å²) in [7, 11) is 0. The fourth-order valence-corrected chi connectivity index (χ4v) is 5.18. The molecule has 3 aromatic heterocycles. The van der Waals surface area contributed by atoms with Gasteiger partial charge >= 0.3 is 0 Å². The lowest BCUT2D eigenvalue weighted by atomic mass is 9.96. The van der Waals surface area contributed by atoms with Gasteiger partial charge < -0.3 is 9.84 Å². The Bertz CT molecular complexity index is 762. The zero-order valence-corrected chi connectivity index (χ0v) is 15.6. The van der Waals surface area contributed by atoms with E-state index in [1.807, 2.05) is 23.6 Å². The van der Waals surface area contributed by atoms with Crippen molar-refractivity contribution in [2.45, 2.75) is 48.2 Å². The van der Waals surface area contributed by atoms with Crippen LogP contribution < -0.4 is 5.32 Å². The van der Waals surface area contributed by atoms with Gasteiger partial charge in [-0.25, -0.2) is 0 Å². The largest absolute Gasteiger partial charge is 0.357 e. The smallest absolute Gasteiger partial charge is 0.206 e. The van der Waals surface area contributed by atoms with Gasteiger partial charge in [-0.15, -0.1) is 21.5 Å². The van der Waals surface area contributed by atoms with Crippen LogP contribution >= 0.6 is 34.4 Å². The van der Waals surface area contributed by atoms with Crippen molar-refractivity contribution >= 4 is 39.6 Å². The summed E-state index contributed by atoms with van der Waals surface area (Å²) < 4.78 is 6.37. The van der Waals surface area contributed by atoms with Gasteiger partial charge in [-0.2, -0.15) is 0 Å². The van der Waals surface area contributed by atoms with E-state index in [9.17, 15) is 0 Å². The van der Waals surface area contributed by atoms with Crippen molar-refractivity contribution in [2.24, 2.45) is 0 Å². The Morgan fingerprint density at radius 1 is 1.25 bits per heavy atom. The summed E-state index contributed by atoms with van der Waals surface area (Å²) in [5.74, 6) is 1.57. The predicted molar refractivity (Wildman–Crippen MR) is 99.8 cm³/mol. The maximum absolute atomic E-state index is 5.41. The Hall–Kier alpha value is -1.38. The van der Waals surface area contributed by atoms with Crippen molar-refractivity contribution in [1.82, 2.24) is 15.4 Å². The fourth-order valence-electron chi connectivity index (χ4n) is 2.80. The molecule has 0 radical (unpaired) electrons. The fraction of sp³-hybridized carbons (Fsp3) is 0.438. The topological polar surface area (TPSA) is 63.8 Å². The molecule has 1 aliphatic rings. The third kappa shape index (κ3) is 3.99. The molecule has 24 heavy (non-hydrogen) atoms. The van der Waals surface area contributed by atoms with Crippen molar-refractivity contribution in [3.63, 3.8) is 0 Å². The number of hydrogen-bond donors (Lipinski definition) is 1. The highest BCUT2D eigenvalue weighted by molar-refractivity contribution is 8.00. The van der Waals surface area contributed by atoms with E-state index < -0.39 is 0 Å². The van der Waals surface area contributed by atoms with Crippen molar-refractivity contribution in [3.8, 4) is 10.6 Å². The van der Waals surface area contributed by atoms with E-state index in [1.165, 1.54) is 32.1 Å². The molecule has 0 bridgehead atoms. The lowest BCUT2D eigenvalue weighted by molar-refractivity contribution is 0.427. The van der Waals surface area contributed by atoms with E-state index >= 15 is 0 Å². The van der Waals surface area contributed by atoms with E-state index in [0.29, 0.717) is 6.04 Å². The van der Waals surface area contributed by atoms with Crippen molar-refractivity contribution in [3.05, 3.63) is 29.3 Å². The van der Waals surface area contributed by atoms with Gasteiger partial charge in [0.2, 0.25) is 5.13 Å². The van der Waals surface area contributed by atoms with Crippen LogP contribution in [0.15, 0.2) is 32.4 Å². The molecular formula is C16H18N4OS3. The molecule has 8 heteroatoms. The zero-order chi connectivity index (χ0) is 16.2. The van der Waals surface area contributed by atoms with Gasteiger partial charge in [0.15, 0.2) is 10.1 Å². The summed E-state index contributed by atoms with van der Waals surface area (Å²) in [6, 6.07) is 6.62. The van der Waals surface area contributed by atoms with Gasteiger partial charge in [0, 0.05) is 17.9 Å². The van der Waals surface area contributed by atoms with Gasteiger partial charge in [0.25, 0.3) is 0 Å². The van der Waals surface area contributed by atoms with E-state index in [1.54, 1.807) is 34.4 Å². The second kappa shape index (κ2) is 7.67. The van der Waals surface area contributed by atoms with E-state index in [0.717, 1.165) is 31.6 Å². The molecule has 1 fully saturated rings. The summed E-state index contributed by atoms with van der Waals surface area (Å²) >= 11 is 4.93. The third-order valence-electron chi connectivity index (χ3n) is 4.01. The molecule has 1 N–H and O–H groups in total. The first-order valence-corrected chi connectivity index (χ1v) is 10.8. The average molecular weight is 379 g/mol. The SMILES string of the molecule is c1csc(-c2cc(CSc3nnc(NC4CCCCC4)s3)no2)c1. The van der Waals surface area contributed by atoms with Gasteiger partial charge in [0.05, 0.1) is 10.6 Å². The quantitative estimate of drug-likeness (QED) is 0.588. The first-order valence-electron chi connectivity index (χ1n) is 8.09. The van der Waals surface area contributed by atoms with E-state index in [2.05, 4.69) is 20.7 Å². The molecule has 3 heterocycles. The molecule has 4 rings (SSSR count). The summed E-state index contributed by atoms with van der Waals surface area (Å²) in [5, 5.41) is 19.2. The van der Waals surface area contributed by atoms with Crippen molar-refractivity contribution in [1.29, 1.82) is 0 Å². The highest BCUT2D eigenvalue weighted by Gasteiger charge is 2.15. The van der Waals surface area contributed by atoms with Gasteiger partial charge in [-0.05, 0) is 24.3 Å². The van der Waals surface area contributed by atoms with Crippen LogP contribution in [-0.4, -0.2) is 21.4 Å². The minimum absolute atomic E-state index is 0.563. The lowest BCUT2D eigenvalue weighted by Gasteiger charge is -2.21. The third-order valence-corrected chi connectivity index (χ3v) is 6.91. The molecule has 0 aliphatic heterocycles. The van der Waals surface area contributed by atoms with Gasteiger partial charge in [-0.3, -0.25) is 0 Å². The minimum Gasteiger partial charge on any atom is -0.357 e. The van der Waals surface area contributed by atoms with Crippen LogP contribution in [0.3, 0.4) is 0 Å². The summed E-state index contributed by atoms with van der Waals surface area (Å²) in [5.41, 5.74) is 0.931. The highest BCUT2D eigenvalue weighted by Crippen LogP contribution is 2.31. The molecule has 0 saturated heterocycles. The van der Waals surface area contributed by atoms with Crippen molar-refractivity contribution < 1.29 is 4.52 Å². The highest BCUT2D eigenvalue weighted by atomic mass is 32.2. The molecule has 0 atom stereocenters. The summed E-state index contributed by atoms with van der Waals surface area (Å²) in [6.45, 7) is 0. The standard InChI is InChI=1S/C16H18N4OS3/c1-2-5-11(6-3-1)17-15-18-19-16(24-15)23-10-12-9-13(21-20-12)14-7-4-8-22-14/h4,7-9,11H,1-3,5-6,10H2,(H,17,18). The number of anilines is 1. The Balaban J connectivity index is 1.31. The Morgan fingerprint density at radius 2 is 2.17 bits per heavy atom. The number of hydrogen-bond acceptors (Lipinski definition) is 8. The average Bonchev–Trinajstić information content (AvgIpc) is 3.35. The second-order valence-corrected chi connectivity index (χ2v) is 8.95. The molecule has 0 unspecified atom stereocenters. The molecule has 5 nitrogen and oxygen atoms in total.